The molecule has 0 radical (unpaired) electrons. The number of aryl methyl sites for hydroxylation is 1. The van der Waals surface area contributed by atoms with Gasteiger partial charge in [0, 0.05) is 36.7 Å². The number of aromatic nitrogens is 2. The van der Waals surface area contributed by atoms with Crippen molar-refractivity contribution in [2.45, 2.75) is 45.8 Å². The van der Waals surface area contributed by atoms with E-state index in [4.69, 9.17) is 14.2 Å². The molecule has 2 aromatic rings. The summed E-state index contributed by atoms with van der Waals surface area (Å²) in [6.45, 7) is 6.61. The van der Waals surface area contributed by atoms with Crippen LogP contribution in [0.5, 0.6) is 0 Å². The molecule has 1 aromatic carbocycles. The van der Waals surface area contributed by atoms with Crippen LogP contribution in [0.3, 0.4) is 0 Å². The van der Waals surface area contributed by atoms with Gasteiger partial charge < -0.3 is 19.1 Å². The van der Waals surface area contributed by atoms with E-state index in [1.807, 2.05) is 47.7 Å². The molecule has 2 fully saturated rings. The van der Waals surface area contributed by atoms with Gasteiger partial charge in [-0.25, -0.2) is 4.68 Å². The first-order chi connectivity index (χ1) is 15.5. The Kier molecular flexibility index (Phi) is 6.91. The molecule has 4 rings (SSSR count). The van der Waals surface area contributed by atoms with Crippen LogP contribution in [0, 0.1) is 19.8 Å². The lowest BCUT2D eigenvalue weighted by molar-refractivity contribution is -0.140. The standard InChI is InChI=1S/C24H31N3O5/c1-16-21(10-11-22(28)30-3)17(2)27(25-16)20-8-6-18(7-9-20)23(29)26-12-4-5-19(15-26)24-31-13-14-32-24/h6-9,19,24H,4-5,10-15H2,1-3H3. The Labute approximate surface area is 188 Å². The quantitative estimate of drug-likeness (QED) is 0.641. The van der Waals surface area contributed by atoms with E-state index in [0.717, 1.165) is 42.0 Å². The van der Waals surface area contributed by atoms with E-state index in [1.54, 1.807) is 0 Å². The third-order valence-corrected chi connectivity index (χ3v) is 6.38. The van der Waals surface area contributed by atoms with Crippen molar-refractivity contribution in [1.82, 2.24) is 14.7 Å². The Hall–Kier alpha value is -2.71. The molecule has 0 N–H and O–H groups in total. The number of piperidine rings is 1. The first kappa shape index (κ1) is 22.5. The monoisotopic (exact) mass is 441 g/mol. The van der Waals surface area contributed by atoms with E-state index >= 15 is 0 Å². The van der Waals surface area contributed by atoms with Gasteiger partial charge in [0.05, 0.1) is 31.7 Å². The Morgan fingerprint density at radius 1 is 1.16 bits per heavy atom. The number of amides is 1. The average molecular weight is 442 g/mol. The molecule has 3 heterocycles. The zero-order chi connectivity index (χ0) is 22.7. The van der Waals surface area contributed by atoms with Gasteiger partial charge >= 0.3 is 5.97 Å². The molecule has 32 heavy (non-hydrogen) atoms. The predicted octanol–water partition coefficient (Wildman–Crippen LogP) is 2.82. The highest BCUT2D eigenvalue weighted by Crippen LogP contribution is 2.26. The lowest BCUT2D eigenvalue weighted by atomic mass is 9.96. The number of nitrogens with zero attached hydrogens (tertiary/aromatic N) is 3. The number of methoxy groups -OCH3 is 1. The number of likely N-dealkylation sites (tertiary alicyclic amines) is 1. The van der Waals surface area contributed by atoms with Crippen molar-refractivity contribution in [2.75, 3.05) is 33.4 Å². The fourth-order valence-corrected chi connectivity index (χ4v) is 4.61. The topological polar surface area (TPSA) is 82.9 Å². The Morgan fingerprint density at radius 2 is 1.88 bits per heavy atom. The molecule has 1 unspecified atom stereocenters. The third-order valence-electron chi connectivity index (χ3n) is 6.38. The van der Waals surface area contributed by atoms with Crippen LogP contribution in [0.2, 0.25) is 0 Å². The van der Waals surface area contributed by atoms with Gasteiger partial charge in [-0.3, -0.25) is 9.59 Å². The normalized spacial score (nSPS) is 19.3. The summed E-state index contributed by atoms with van der Waals surface area (Å²) in [4.78, 5) is 26.5. The molecule has 0 bridgehead atoms. The van der Waals surface area contributed by atoms with Gasteiger partial charge in [-0.15, -0.1) is 0 Å². The summed E-state index contributed by atoms with van der Waals surface area (Å²) in [6.07, 6.45) is 2.70. The molecule has 0 spiro atoms. The summed E-state index contributed by atoms with van der Waals surface area (Å²) < 4.78 is 17.9. The minimum atomic E-state index is -0.231. The Morgan fingerprint density at radius 3 is 2.56 bits per heavy atom. The Bertz CT molecular complexity index is 963. The fraction of sp³-hybridized carbons (Fsp3) is 0.542. The highest BCUT2D eigenvalue weighted by atomic mass is 16.7. The molecule has 1 atom stereocenters. The zero-order valence-electron chi connectivity index (χ0n) is 19.0. The summed E-state index contributed by atoms with van der Waals surface area (Å²) >= 11 is 0. The van der Waals surface area contributed by atoms with Crippen LogP contribution in [0.15, 0.2) is 24.3 Å². The summed E-state index contributed by atoms with van der Waals surface area (Å²) in [5.74, 6) is 0.0318. The number of ether oxygens (including phenoxy) is 3. The van der Waals surface area contributed by atoms with Crippen molar-refractivity contribution in [3.05, 3.63) is 46.8 Å². The van der Waals surface area contributed by atoms with Gasteiger partial charge in [0.2, 0.25) is 0 Å². The first-order valence-electron chi connectivity index (χ1n) is 11.2. The lowest BCUT2D eigenvalue weighted by Crippen LogP contribution is -2.43. The van der Waals surface area contributed by atoms with Crippen LogP contribution in [-0.2, 0) is 25.4 Å². The molecule has 172 valence electrons. The summed E-state index contributed by atoms with van der Waals surface area (Å²) in [5, 5.41) is 4.64. The van der Waals surface area contributed by atoms with Crippen LogP contribution < -0.4 is 0 Å². The van der Waals surface area contributed by atoms with Crippen LogP contribution >= 0.6 is 0 Å². The molecular weight excluding hydrogens is 410 g/mol. The average Bonchev–Trinajstić information content (AvgIpc) is 3.46. The maximum Gasteiger partial charge on any atom is 0.305 e. The number of carbonyl (C=O) groups is 2. The molecule has 8 nitrogen and oxygen atoms in total. The SMILES string of the molecule is COC(=O)CCc1c(C)nn(-c2ccc(C(=O)N3CCCC(C4OCCO4)C3)cc2)c1C. The van der Waals surface area contributed by atoms with Crippen molar-refractivity contribution >= 4 is 11.9 Å². The molecule has 2 saturated heterocycles. The fourth-order valence-electron chi connectivity index (χ4n) is 4.61. The molecule has 0 aliphatic carbocycles. The number of hydrogen-bond donors (Lipinski definition) is 0. The van der Waals surface area contributed by atoms with E-state index in [0.29, 0.717) is 38.2 Å². The molecule has 2 aliphatic rings. The number of benzene rings is 1. The summed E-state index contributed by atoms with van der Waals surface area (Å²) in [5.41, 5.74) is 4.47. The largest absolute Gasteiger partial charge is 0.469 e. The van der Waals surface area contributed by atoms with Crippen molar-refractivity contribution in [3.63, 3.8) is 0 Å². The molecular formula is C24H31N3O5. The van der Waals surface area contributed by atoms with Crippen molar-refractivity contribution < 1.29 is 23.8 Å². The molecule has 8 heteroatoms. The van der Waals surface area contributed by atoms with Crippen molar-refractivity contribution in [1.29, 1.82) is 0 Å². The Balaban J connectivity index is 1.45. The maximum absolute atomic E-state index is 13.1. The van der Waals surface area contributed by atoms with Crippen molar-refractivity contribution in [2.24, 2.45) is 5.92 Å². The lowest BCUT2D eigenvalue weighted by Gasteiger charge is -2.34. The van der Waals surface area contributed by atoms with Crippen LogP contribution in [-0.4, -0.2) is 66.3 Å². The number of rotatable bonds is 6. The highest BCUT2D eigenvalue weighted by Gasteiger charge is 2.33. The second-order valence-corrected chi connectivity index (χ2v) is 8.45. The predicted molar refractivity (Wildman–Crippen MR) is 118 cm³/mol. The third kappa shape index (κ3) is 4.71. The van der Waals surface area contributed by atoms with Crippen molar-refractivity contribution in [3.8, 4) is 5.69 Å². The number of hydrogen-bond acceptors (Lipinski definition) is 6. The van der Waals surface area contributed by atoms with Gasteiger partial charge in [0.25, 0.3) is 5.91 Å². The van der Waals surface area contributed by atoms with Gasteiger partial charge in [0.15, 0.2) is 6.29 Å². The van der Waals surface area contributed by atoms with Gasteiger partial charge in [0.1, 0.15) is 0 Å². The molecule has 2 aliphatic heterocycles. The minimum Gasteiger partial charge on any atom is -0.469 e. The van der Waals surface area contributed by atoms with E-state index < -0.39 is 0 Å². The summed E-state index contributed by atoms with van der Waals surface area (Å²) in [6, 6.07) is 7.55. The summed E-state index contributed by atoms with van der Waals surface area (Å²) in [7, 11) is 1.40. The second-order valence-electron chi connectivity index (χ2n) is 8.45. The first-order valence-corrected chi connectivity index (χ1v) is 11.2. The molecule has 1 aromatic heterocycles. The molecule has 0 saturated carbocycles. The van der Waals surface area contributed by atoms with Gasteiger partial charge in [-0.2, -0.15) is 5.10 Å². The second kappa shape index (κ2) is 9.83. The van der Waals surface area contributed by atoms with Crippen LogP contribution in [0.25, 0.3) is 5.69 Å². The van der Waals surface area contributed by atoms with Crippen LogP contribution in [0.4, 0.5) is 0 Å². The van der Waals surface area contributed by atoms with E-state index in [2.05, 4.69) is 5.10 Å². The van der Waals surface area contributed by atoms with E-state index in [1.165, 1.54) is 7.11 Å². The van der Waals surface area contributed by atoms with Gasteiger partial charge in [-0.05, 0) is 62.9 Å². The maximum atomic E-state index is 13.1. The minimum absolute atomic E-state index is 0.0337. The molecule has 1 amide bonds. The van der Waals surface area contributed by atoms with E-state index in [9.17, 15) is 9.59 Å². The van der Waals surface area contributed by atoms with E-state index in [-0.39, 0.29) is 24.1 Å². The van der Waals surface area contributed by atoms with Crippen LogP contribution in [0.1, 0.15) is 46.6 Å². The number of carbonyl (C=O) groups excluding carboxylic acids is 2. The highest BCUT2D eigenvalue weighted by molar-refractivity contribution is 5.94. The van der Waals surface area contributed by atoms with Gasteiger partial charge in [-0.1, -0.05) is 0 Å². The zero-order valence-corrected chi connectivity index (χ0v) is 19.0. The smallest absolute Gasteiger partial charge is 0.305 e. The number of esters is 1.